The van der Waals surface area contributed by atoms with Crippen LogP contribution in [0.4, 0.5) is 24.5 Å². The van der Waals surface area contributed by atoms with Crippen LogP contribution in [0.5, 0.6) is 5.75 Å². The SMILES string of the molecule is CCOc1ccccc1-c1ccc(N2CCN(c3ccc(C(F)(F)F)cc3C#N)CC2)cn1. The maximum atomic E-state index is 13.0. The highest BCUT2D eigenvalue weighted by Gasteiger charge is 2.31. The summed E-state index contributed by atoms with van der Waals surface area (Å²) in [5.74, 6) is 0.790. The summed E-state index contributed by atoms with van der Waals surface area (Å²) >= 11 is 0. The van der Waals surface area contributed by atoms with Crippen molar-refractivity contribution in [2.75, 3.05) is 42.6 Å². The molecule has 0 N–H and O–H groups in total. The normalized spacial score (nSPS) is 14.2. The van der Waals surface area contributed by atoms with Crippen LogP contribution in [-0.2, 0) is 6.18 Å². The molecule has 0 unspecified atom stereocenters. The third kappa shape index (κ3) is 4.87. The highest BCUT2D eigenvalue weighted by Crippen LogP contribution is 2.33. The highest BCUT2D eigenvalue weighted by atomic mass is 19.4. The Morgan fingerprint density at radius 3 is 2.36 bits per heavy atom. The quantitative estimate of drug-likeness (QED) is 0.521. The molecule has 1 aliphatic heterocycles. The van der Waals surface area contributed by atoms with Gasteiger partial charge in [-0.15, -0.1) is 0 Å². The Hall–Kier alpha value is -3.73. The fourth-order valence-corrected chi connectivity index (χ4v) is 3.98. The summed E-state index contributed by atoms with van der Waals surface area (Å²) in [6.07, 6.45) is -2.64. The van der Waals surface area contributed by atoms with Gasteiger partial charge in [0.05, 0.1) is 41.0 Å². The molecule has 2 aromatic carbocycles. The molecule has 4 rings (SSSR count). The Labute approximate surface area is 190 Å². The molecule has 0 bridgehead atoms. The highest BCUT2D eigenvalue weighted by molar-refractivity contribution is 5.68. The van der Waals surface area contributed by atoms with Crippen molar-refractivity contribution in [3.05, 3.63) is 71.9 Å². The molecule has 33 heavy (non-hydrogen) atoms. The fourth-order valence-electron chi connectivity index (χ4n) is 3.98. The molecule has 0 radical (unpaired) electrons. The van der Waals surface area contributed by atoms with Gasteiger partial charge in [-0.1, -0.05) is 12.1 Å². The lowest BCUT2D eigenvalue weighted by molar-refractivity contribution is -0.137. The molecule has 2 heterocycles. The van der Waals surface area contributed by atoms with E-state index >= 15 is 0 Å². The van der Waals surface area contributed by atoms with Crippen molar-refractivity contribution in [3.63, 3.8) is 0 Å². The Kier molecular flexibility index (Phi) is 6.40. The number of hydrogen-bond acceptors (Lipinski definition) is 5. The molecule has 8 heteroatoms. The standard InChI is InChI=1S/C25H23F3N4O/c1-2-33-24-6-4-3-5-21(24)22-9-8-20(17-30-22)31-11-13-32(14-12-31)23-10-7-19(25(26,27)28)15-18(23)16-29/h3-10,15,17H,2,11-14H2,1H3. The van der Waals surface area contributed by atoms with Crippen molar-refractivity contribution in [2.45, 2.75) is 13.1 Å². The molecule has 0 aliphatic carbocycles. The van der Waals surface area contributed by atoms with E-state index in [9.17, 15) is 18.4 Å². The lowest BCUT2D eigenvalue weighted by atomic mass is 10.1. The van der Waals surface area contributed by atoms with Crippen molar-refractivity contribution in [1.82, 2.24) is 4.98 Å². The number of rotatable bonds is 5. The van der Waals surface area contributed by atoms with Crippen LogP contribution < -0.4 is 14.5 Å². The molecule has 0 spiro atoms. The van der Waals surface area contributed by atoms with Gasteiger partial charge in [-0.3, -0.25) is 4.98 Å². The van der Waals surface area contributed by atoms with E-state index < -0.39 is 11.7 Å². The number of piperazine rings is 1. The van der Waals surface area contributed by atoms with Crippen LogP contribution in [0.2, 0.25) is 0 Å². The minimum atomic E-state index is -4.47. The lowest BCUT2D eigenvalue weighted by Crippen LogP contribution is -2.46. The van der Waals surface area contributed by atoms with E-state index in [1.54, 1.807) is 0 Å². The van der Waals surface area contributed by atoms with E-state index in [2.05, 4.69) is 9.88 Å². The number of nitriles is 1. The third-order valence-electron chi connectivity index (χ3n) is 5.64. The zero-order valence-electron chi connectivity index (χ0n) is 18.1. The largest absolute Gasteiger partial charge is 0.493 e. The van der Waals surface area contributed by atoms with E-state index in [-0.39, 0.29) is 5.56 Å². The zero-order chi connectivity index (χ0) is 23.4. The van der Waals surface area contributed by atoms with E-state index in [1.165, 1.54) is 6.07 Å². The van der Waals surface area contributed by atoms with Crippen LogP contribution >= 0.6 is 0 Å². The average Bonchev–Trinajstić information content (AvgIpc) is 2.84. The molecule has 1 aliphatic rings. The van der Waals surface area contributed by atoms with Crippen LogP contribution in [0, 0.1) is 11.3 Å². The molecular weight excluding hydrogens is 429 g/mol. The second-order valence-corrected chi connectivity index (χ2v) is 7.65. The van der Waals surface area contributed by atoms with E-state index in [4.69, 9.17) is 4.74 Å². The second-order valence-electron chi connectivity index (χ2n) is 7.65. The average molecular weight is 452 g/mol. The van der Waals surface area contributed by atoms with Crippen molar-refractivity contribution >= 4 is 11.4 Å². The lowest BCUT2D eigenvalue weighted by Gasteiger charge is -2.37. The smallest absolute Gasteiger partial charge is 0.416 e. The van der Waals surface area contributed by atoms with E-state index in [0.717, 1.165) is 34.8 Å². The van der Waals surface area contributed by atoms with Crippen LogP contribution in [0.25, 0.3) is 11.3 Å². The van der Waals surface area contributed by atoms with Gasteiger partial charge in [-0.05, 0) is 49.4 Å². The van der Waals surface area contributed by atoms with Gasteiger partial charge in [0.25, 0.3) is 0 Å². The van der Waals surface area contributed by atoms with Gasteiger partial charge in [0.2, 0.25) is 0 Å². The van der Waals surface area contributed by atoms with Gasteiger partial charge in [0.1, 0.15) is 11.8 Å². The fraction of sp³-hybridized carbons (Fsp3) is 0.280. The second kappa shape index (κ2) is 9.41. The van der Waals surface area contributed by atoms with Crippen molar-refractivity contribution in [2.24, 2.45) is 0 Å². The van der Waals surface area contributed by atoms with Crippen molar-refractivity contribution in [3.8, 4) is 23.1 Å². The molecule has 5 nitrogen and oxygen atoms in total. The summed E-state index contributed by atoms with van der Waals surface area (Å²) in [7, 11) is 0. The first-order valence-electron chi connectivity index (χ1n) is 10.7. The number of para-hydroxylation sites is 1. The predicted octanol–water partition coefficient (Wildman–Crippen LogP) is 5.36. The maximum absolute atomic E-state index is 13.0. The molecule has 3 aromatic rings. The molecular formula is C25H23F3N4O. The molecule has 0 atom stereocenters. The summed E-state index contributed by atoms with van der Waals surface area (Å²) in [4.78, 5) is 8.75. The molecule has 1 fully saturated rings. The maximum Gasteiger partial charge on any atom is 0.416 e. The van der Waals surface area contributed by atoms with Crippen LogP contribution in [-0.4, -0.2) is 37.8 Å². The van der Waals surface area contributed by atoms with Gasteiger partial charge < -0.3 is 14.5 Å². The number of anilines is 2. The first kappa shape index (κ1) is 22.5. The van der Waals surface area contributed by atoms with Crippen molar-refractivity contribution < 1.29 is 17.9 Å². The van der Waals surface area contributed by atoms with Crippen molar-refractivity contribution in [1.29, 1.82) is 5.26 Å². The van der Waals surface area contributed by atoms with Crippen LogP contribution in [0.3, 0.4) is 0 Å². The molecule has 0 saturated carbocycles. The Balaban J connectivity index is 1.45. The number of benzene rings is 2. The third-order valence-corrected chi connectivity index (χ3v) is 5.64. The minimum Gasteiger partial charge on any atom is -0.493 e. The summed E-state index contributed by atoms with van der Waals surface area (Å²) in [5.41, 5.74) is 2.49. The van der Waals surface area contributed by atoms with Crippen LogP contribution in [0.1, 0.15) is 18.1 Å². The predicted molar refractivity (Wildman–Crippen MR) is 121 cm³/mol. The Morgan fingerprint density at radius 1 is 1.00 bits per heavy atom. The summed E-state index contributed by atoms with van der Waals surface area (Å²) in [6, 6.07) is 17.0. The number of alkyl halides is 3. The van der Waals surface area contributed by atoms with E-state index in [1.807, 2.05) is 60.5 Å². The molecule has 0 amide bonds. The Morgan fingerprint density at radius 2 is 1.73 bits per heavy atom. The summed E-state index contributed by atoms with van der Waals surface area (Å²) < 4.78 is 44.6. The van der Waals surface area contributed by atoms with Gasteiger partial charge in [-0.2, -0.15) is 18.4 Å². The van der Waals surface area contributed by atoms with E-state index in [0.29, 0.717) is 38.5 Å². The number of pyridine rings is 1. The number of aromatic nitrogens is 1. The number of hydrogen-bond donors (Lipinski definition) is 0. The topological polar surface area (TPSA) is 52.4 Å². The van der Waals surface area contributed by atoms with Crippen LogP contribution in [0.15, 0.2) is 60.8 Å². The zero-order valence-corrected chi connectivity index (χ0v) is 18.1. The van der Waals surface area contributed by atoms with Gasteiger partial charge >= 0.3 is 6.18 Å². The van der Waals surface area contributed by atoms with Gasteiger partial charge in [-0.25, -0.2) is 0 Å². The molecule has 1 aromatic heterocycles. The number of ether oxygens (including phenoxy) is 1. The summed E-state index contributed by atoms with van der Waals surface area (Å²) in [5, 5.41) is 9.37. The molecule has 1 saturated heterocycles. The number of halogens is 3. The van der Waals surface area contributed by atoms with Gasteiger partial charge in [0, 0.05) is 31.7 Å². The first-order chi connectivity index (χ1) is 15.9. The minimum absolute atomic E-state index is 0.0391. The Bertz CT molecular complexity index is 1150. The first-order valence-corrected chi connectivity index (χ1v) is 10.7. The monoisotopic (exact) mass is 452 g/mol. The summed E-state index contributed by atoms with van der Waals surface area (Å²) in [6.45, 7) is 5.04. The number of nitrogens with zero attached hydrogens (tertiary/aromatic N) is 4. The van der Waals surface area contributed by atoms with Gasteiger partial charge in [0.15, 0.2) is 0 Å². The molecule has 170 valence electrons.